The van der Waals surface area contributed by atoms with Gasteiger partial charge in [-0.15, -0.1) is 13.2 Å². The predicted octanol–water partition coefficient (Wildman–Crippen LogP) is 2.69. The smallest absolute Gasteiger partial charge is 0.406 e. The van der Waals surface area contributed by atoms with Gasteiger partial charge in [-0.25, -0.2) is 0 Å². The van der Waals surface area contributed by atoms with Crippen molar-refractivity contribution in [2.24, 2.45) is 0 Å². The Bertz CT molecular complexity index is 734. The molecule has 9 heteroatoms. The van der Waals surface area contributed by atoms with E-state index >= 15 is 0 Å². The summed E-state index contributed by atoms with van der Waals surface area (Å²) < 4.78 is 40.0. The number of hydrogen-bond acceptors (Lipinski definition) is 4. The summed E-state index contributed by atoms with van der Waals surface area (Å²) in [5.74, 6) is -1.27. The topological polar surface area (TPSA) is 71.5 Å². The minimum Gasteiger partial charge on any atom is -0.406 e. The molecule has 0 spiro atoms. The summed E-state index contributed by atoms with van der Waals surface area (Å²) in [6.07, 6.45) is -1.87. The van der Waals surface area contributed by atoms with Gasteiger partial charge in [0.15, 0.2) is 0 Å². The maximum atomic E-state index is 12.1. The van der Waals surface area contributed by atoms with Crippen LogP contribution in [0.15, 0.2) is 48.8 Å². The second kappa shape index (κ2) is 7.65. The Hall–Kier alpha value is -3.10. The number of anilines is 1. The fourth-order valence-corrected chi connectivity index (χ4v) is 1.94. The van der Waals surface area contributed by atoms with Crippen molar-refractivity contribution in [3.05, 3.63) is 54.4 Å². The van der Waals surface area contributed by atoms with Gasteiger partial charge in [-0.3, -0.25) is 14.6 Å². The first-order valence-electron chi connectivity index (χ1n) is 7.06. The van der Waals surface area contributed by atoms with Crippen molar-refractivity contribution in [1.82, 2.24) is 9.88 Å². The van der Waals surface area contributed by atoms with Crippen molar-refractivity contribution in [2.75, 3.05) is 18.9 Å². The molecule has 2 rings (SSSR count). The molecule has 0 fully saturated rings. The average Bonchev–Trinajstić information content (AvgIpc) is 2.55. The Morgan fingerprint density at radius 3 is 2.44 bits per heavy atom. The summed E-state index contributed by atoms with van der Waals surface area (Å²) in [5, 5.41) is 2.48. The van der Waals surface area contributed by atoms with Gasteiger partial charge in [-0.2, -0.15) is 0 Å². The Labute approximate surface area is 141 Å². The van der Waals surface area contributed by atoms with E-state index in [-0.39, 0.29) is 18.1 Å². The summed E-state index contributed by atoms with van der Waals surface area (Å²) in [6, 6.07) is 7.86. The van der Waals surface area contributed by atoms with E-state index in [1.807, 2.05) is 0 Å². The number of benzene rings is 1. The number of aromatic nitrogens is 1. The van der Waals surface area contributed by atoms with Crippen LogP contribution in [-0.4, -0.2) is 41.7 Å². The van der Waals surface area contributed by atoms with E-state index in [2.05, 4.69) is 15.0 Å². The van der Waals surface area contributed by atoms with E-state index < -0.39 is 18.0 Å². The molecule has 0 saturated carbocycles. The quantitative estimate of drug-likeness (QED) is 0.897. The van der Waals surface area contributed by atoms with Crippen LogP contribution in [0.4, 0.5) is 18.9 Å². The molecule has 1 aromatic heterocycles. The van der Waals surface area contributed by atoms with Gasteiger partial charge in [0.25, 0.3) is 5.91 Å². The van der Waals surface area contributed by atoms with Crippen molar-refractivity contribution in [2.45, 2.75) is 6.36 Å². The number of halogens is 3. The number of carbonyl (C=O) groups is 2. The van der Waals surface area contributed by atoms with E-state index in [0.29, 0.717) is 5.56 Å². The first-order chi connectivity index (χ1) is 11.7. The van der Waals surface area contributed by atoms with Crippen LogP contribution in [0.3, 0.4) is 0 Å². The molecule has 2 amide bonds. The van der Waals surface area contributed by atoms with E-state index in [1.165, 1.54) is 36.5 Å². The van der Waals surface area contributed by atoms with Gasteiger partial charge in [0, 0.05) is 25.1 Å². The van der Waals surface area contributed by atoms with Gasteiger partial charge < -0.3 is 15.0 Å². The third-order valence-electron chi connectivity index (χ3n) is 3.01. The average molecular weight is 353 g/mol. The highest BCUT2D eigenvalue weighted by Gasteiger charge is 2.30. The number of amides is 2. The van der Waals surface area contributed by atoms with Crippen molar-refractivity contribution in [3.63, 3.8) is 0 Å². The first kappa shape index (κ1) is 18.2. The van der Waals surface area contributed by atoms with E-state index in [0.717, 1.165) is 12.1 Å². The van der Waals surface area contributed by atoms with Crippen molar-refractivity contribution >= 4 is 17.5 Å². The molecule has 132 valence electrons. The van der Waals surface area contributed by atoms with Crippen molar-refractivity contribution in [3.8, 4) is 5.75 Å². The monoisotopic (exact) mass is 353 g/mol. The first-order valence-corrected chi connectivity index (χ1v) is 7.06. The standard InChI is InChI=1S/C16H14F3N3O3/c1-22(15(24)11-3-2-8-20-9-11)10-14(23)21-12-4-6-13(7-5-12)25-16(17,18)19/h2-9H,10H2,1H3,(H,21,23). The van der Waals surface area contributed by atoms with Gasteiger partial charge in [-0.05, 0) is 36.4 Å². The number of pyridine rings is 1. The summed E-state index contributed by atoms with van der Waals surface area (Å²) in [4.78, 5) is 29.1. The predicted molar refractivity (Wildman–Crippen MR) is 83.0 cm³/mol. The molecule has 0 atom stereocenters. The maximum absolute atomic E-state index is 12.1. The van der Waals surface area contributed by atoms with Crippen molar-refractivity contribution < 1.29 is 27.5 Å². The molecule has 1 aromatic carbocycles. The molecular formula is C16H14F3N3O3. The van der Waals surface area contributed by atoms with Crippen LogP contribution < -0.4 is 10.1 Å². The minimum absolute atomic E-state index is 0.228. The van der Waals surface area contributed by atoms with Gasteiger partial charge in [0.2, 0.25) is 5.91 Å². The SMILES string of the molecule is CN(CC(=O)Nc1ccc(OC(F)(F)F)cc1)C(=O)c1cccnc1. The molecule has 0 saturated heterocycles. The van der Waals surface area contributed by atoms with Gasteiger partial charge >= 0.3 is 6.36 Å². The lowest BCUT2D eigenvalue weighted by molar-refractivity contribution is -0.274. The molecule has 0 aliphatic carbocycles. The molecular weight excluding hydrogens is 339 g/mol. The largest absolute Gasteiger partial charge is 0.573 e. The molecule has 0 unspecified atom stereocenters. The number of likely N-dealkylation sites (N-methyl/N-ethyl adjacent to an activating group) is 1. The highest BCUT2D eigenvalue weighted by atomic mass is 19.4. The fourth-order valence-electron chi connectivity index (χ4n) is 1.94. The number of nitrogens with zero attached hydrogens (tertiary/aromatic N) is 2. The summed E-state index contributed by atoms with van der Waals surface area (Å²) >= 11 is 0. The van der Waals surface area contributed by atoms with Crippen LogP contribution in [0.25, 0.3) is 0 Å². The second-order valence-electron chi connectivity index (χ2n) is 5.02. The number of hydrogen-bond donors (Lipinski definition) is 1. The van der Waals surface area contributed by atoms with Crippen LogP contribution >= 0.6 is 0 Å². The molecule has 1 N–H and O–H groups in total. The number of alkyl halides is 3. The lowest BCUT2D eigenvalue weighted by atomic mass is 10.2. The number of carbonyl (C=O) groups excluding carboxylic acids is 2. The number of rotatable bonds is 5. The van der Waals surface area contributed by atoms with Crippen LogP contribution in [0, 0.1) is 0 Å². The van der Waals surface area contributed by atoms with E-state index in [4.69, 9.17) is 0 Å². The highest BCUT2D eigenvalue weighted by Crippen LogP contribution is 2.23. The molecule has 2 aromatic rings. The van der Waals surface area contributed by atoms with Gasteiger partial charge in [-0.1, -0.05) is 0 Å². The Morgan fingerprint density at radius 1 is 1.20 bits per heavy atom. The Kier molecular flexibility index (Phi) is 5.58. The molecule has 0 radical (unpaired) electrons. The van der Waals surface area contributed by atoms with E-state index in [9.17, 15) is 22.8 Å². The Balaban J connectivity index is 1.90. The summed E-state index contributed by atoms with van der Waals surface area (Å²) in [7, 11) is 1.45. The van der Waals surface area contributed by atoms with Crippen LogP contribution in [0.2, 0.25) is 0 Å². The molecule has 0 aliphatic heterocycles. The maximum Gasteiger partial charge on any atom is 0.573 e. The normalized spacial score (nSPS) is 10.9. The van der Waals surface area contributed by atoms with Crippen LogP contribution in [-0.2, 0) is 4.79 Å². The molecule has 0 aliphatic rings. The molecule has 1 heterocycles. The van der Waals surface area contributed by atoms with Crippen LogP contribution in [0.1, 0.15) is 10.4 Å². The fraction of sp³-hybridized carbons (Fsp3) is 0.188. The van der Waals surface area contributed by atoms with E-state index in [1.54, 1.807) is 12.1 Å². The molecule has 25 heavy (non-hydrogen) atoms. The van der Waals surface area contributed by atoms with Gasteiger partial charge in [0.05, 0.1) is 12.1 Å². The minimum atomic E-state index is -4.78. The number of ether oxygens (including phenoxy) is 1. The van der Waals surface area contributed by atoms with Crippen LogP contribution in [0.5, 0.6) is 5.75 Å². The zero-order chi connectivity index (χ0) is 18.4. The Morgan fingerprint density at radius 2 is 1.88 bits per heavy atom. The number of nitrogens with one attached hydrogen (secondary N) is 1. The lowest BCUT2D eigenvalue weighted by Gasteiger charge is -2.16. The third-order valence-corrected chi connectivity index (χ3v) is 3.01. The second-order valence-corrected chi connectivity index (χ2v) is 5.02. The van der Waals surface area contributed by atoms with Crippen molar-refractivity contribution in [1.29, 1.82) is 0 Å². The molecule has 0 bridgehead atoms. The summed E-state index contributed by atoms with van der Waals surface area (Å²) in [5.41, 5.74) is 0.619. The summed E-state index contributed by atoms with van der Waals surface area (Å²) in [6.45, 7) is -0.228. The third kappa shape index (κ3) is 5.79. The molecule has 6 nitrogen and oxygen atoms in total. The lowest BCUT2D eigenvalue weighted by Crippen LogP contribution is -2.34. The zero-order valence-corrected chi connectivity index (χ0v) is 13.1. The van der Waals surface area contributed by atoms with Gasteiger partial charge in [0.1, 0.15) is 5.75 Å². The highest BCUT2D eigenvalue weighted by molar-refractivity contribution is 5.99. The zero-order valence-electron chi connectivity index (χ0n) is 13.1.